The van der Waals surface area contributed by atoms with Gasteiger partial charge in [0.2, 0.25) is 0 Å². The lowest BCUT2D eigenvalue weighted by Gasteiger charge is -2.32. The van der Waals surface area contributed by atoms with Crippen molar-refractivity contribution < 1.29 is 14.3 Å². The largest absolute Gasteiger partial charge is 0.453 e. The van der Waals surface area contributed by atoms with Gasteiger partial charge >= 0.3 is 6.09 Å². The van der Waals surface area contributed by atoms with Gasteiger partial charge < -0.3 is 25.0 Å². The van der Waals surface area contributed by atoms with Crippen LogP contribution in [0.15, 0.2) is 4.99 Å². The molecule has 164 valence electrons. The Balaban J connectivity index is 0.00000392. The van der Waals surface area contributed by atoms with Crippen molar-refractivity contribution in [3.8, 4) is 0 Å². The first-order valence-electron chi connectivity index (χ1n) is 10.6. The zero-order chi connectivity index (χ0) is 19.3. The number of hydrogen-bond donors (Lipinski definition) is 2. The highest BCUT2D eigenvalue weighted by Gasteiger charge is 2.23. The second-order valence-electron chi connectivity index (χ2n) is 7.57. The van der Waals surface area contributed by atoms with Crippen LogP contribution in [-0.2, 0) is 9.47 Å². The Morgan fingerprint density at radius 1 is 1.07 bits per heavy atom. The minimum atomic E-state index is -0.233. The van der Waals surface area contributed by atoms with Crippen LogP contribution in [0.2, 0.25) is 0 Å². The smallest absolute Gasteiger partial charge is 0.409 e. The summed E-state index contributed by atoms with van der Waals surface area (Å²) in [6.07, 6.45) is 12.1. The van der Waals surface area contributed by atoms with Crippen LogP contribution in [0.5, 0.6) is 0 Å². The van der Waals surface area contributed by atoms with Gasteiger partial charge in [-0.05, 0) is 44.9 Å². The monoisotopic (exact) mass is 510 g/mol. The second-order valence-corrected chi connectivity index (χ2v) is 7.57. The summed E-state index contributed by atoms with van der Waals surface area (Å²) in [4.78, 5) is 17.6. The predicted molar refractivity (Wildman–Crippen MR) is 124 cm³/mol. The number of amides is 1. The Labute approximate surface area is 187 Å². The number of nitrogens with one attached hydrogen (secondary N) is 2. The van der Waals surface area contributed by atoms with Crippen LogP contribution in [0.3, 0.4) is 0 Å². The van der Waals surface area contributed by atoms with Gasteiger partial charge in [0.05, 0.1) is 13.2 Å². The molecule has 1 aliphatic carbocycles. The molecule has 8 heteroatoms. The number of likely N-dealkylation sites (tertiary alicyclic amines) is 1. The lowest BCUT2D eigenvalue weighted by Crippen LogP contribution is -2.49. The molecule has 1 saturated heterocycles. The van der Waals surface area contributed by atoms with Gasteiger partial charge in [-0.3, -0.25) is 4.99 Å². The van der Waals surface area contributed by atoms with Crippen LogP contribution in [-0.4, -0.2) is 69.5 Å². The molecule has 2 fully saturated rings. The van der Waals surface area contributed by atoms with E-state index in [1.807, 2.05) is 0 Å². The first-order valence-corrected chi connectivity index (χ1v) is 10.6. The van der Waals surface area contributed by atoms with E-state index in [0.717, 1.165) is 57.9 Å². The van der Waals surface area contributed by atoms with Crippen LogP contribution >= 0.6 is 24.0 Å². The molecule has 7 nitrogen and oxygen atoms in total. The quantitative estimate of drug-likeness (QED) is 0.226. The summed E-state index contributed by atoms with van der Waals surface area (Å²) < 4.78 is 10.7. The number of methoxy groups -OCH3 is 1. The topological polar surface area (TPSA) is 75.2 Å². The van der Waals surface area contributed by atoms with Gasteiger partial charge in [0, 0.05) is 39.3 Å². The lowest BCUT2D eigenvalue weighted by atomic mass is 9.98. The molecule has 1 heterocycles. The summed E-state index contributed by atoms with van der Waals surface area (Å²) in [6, 6.07) is 0.348. The van der Waals surface area contributed by atoms with E-state index in [-0.39, 0.29) is 30.1 Å². The number of aliphatic imine (C=N–C) groups is 1. The molecule has 2 N–H and O–H groups in total. The number of guanidine groups is 1. The number of nitrogens with zero attached hydrogens (tertiary/aromatic N) is 2. The molecule has 0 unspecified atom stereocenters. The lowest BCUT2D eigenvalue weighted by molar-refractivity contribution is 0.0264. The molecule has 1 saturated carbocycles. The van der Waals surface area contributed by atoms with Crippen molar-refractivity contribution in [2.75, 3.05) is 40.4 Å². The third-order valence-electron chi connectivity index (χ3n) is 5.51. The van der Waals surface area contributed by atoms with Crippen LogP contribution in [0, 0.1) is 0 Å². The van der Waals surface area contributed by atoms with Gasteiger partial charge in [0.15, 0.2) is 5.96 Å². The van der Waals surface area contributed by atoms with Gasteiger partial charge in [-0.2, -0.15) is 0 Å². The van der Waals surface area contributed by atoms with E-state index in [0.29, 0.717) is 12.1 Å². The molecule has 0 aromatic heterocycles. The first-order chi connectivity index (χ1) is 13.2. The van der Waals surface area contributed by atoms with Gasteiger partial charge in [-0.15, -0.1) is 24.0 Å². The average molecular weight is 510 g/mol. The average Bonchev–Trinajstić information content (AvgIpc) is 2.72. The summed E-state index contributed by atoms with van der Waals surface area (Å²) in [7, 11) is 3.23. The maximum Gasteiger partial charge on any atom is 0.409 e. The molecular weight excluding hydrogens is 471 g/mol. The minimum Gasteiger partial charge on any atom is -0.453 e. The second kappa shape index (κ2) is 15.1. The molecular formula is C20H39IN4O3. The zero-order valence-corrected chi connectivity index (χ0v) is 19.9. The fourth-order valence-corrected chi connectivity index (χ4v) is 3.82. The SMILES string of the molecule is CN=C(NCCCCCOC1CCCCC1)NC1CCN(C(=O)OC)CC1.I. The van der Waals surface area contributed by atoms with Gasteiger partial charge in [0.25, 0.3) is 0 Å². The van der Waals surface area contributed by atoms with E-state index in [1.165, 1.54) is 45.6 Å². The number of hydrogen-bond acceptors (Lipinski definition) is 4. The van der Waals surface area contributed by atoms with Crippen LogP contribution in [0.1, 0.15) is 64.2 Å². The number of piperidine rings is 1. The number of carbonyl (C=O) groups excluding carboxylic acids is 1. The highest BCUT2D eigenvalue weighted by molar-refractivity contribution is 14.0. The molecule has 2 aliphatic rings. The van der Waals surface area contributed by atoms with Crippen molar-refractivity contribution in [1.29, 1.82) is 0 Å². The highest BCUT2D eigenvalue weighted by atomic mass is 127. The Hall–Kier alpha value is -0.770. The molecule has 0 aromatic rings. The van der Waals surface area contributed by atoms with E-state index in [2.05, 4.69) is 15.6 Å². The Kier molecular flexibility index (Phi) is 13.6. The molecule has 0 bridgehead atoms. The summed E-state index contributed by atoms with van der Waals surface area (Å²) in [6.45, 7) is 3.27. The standard InChI is InChI=1S/C20H38N4O3.HI/c1-21-19(23-17-11-14-24(15-12-17)20(25)26-2)22-13-7-4-8-16-27-18-9-5-3-6-10-18;/h17-18H,3-16H2,1-2H3,(H2,21,22,23);1H. The van der Waals surface area contributed by atoms with Crippen molar-refractivity contribution in [2.24, 2.45) is 4.99 Å². The Morgan fingerprint density at radius 3 is 2.43 bits per heavy atom. The number of halogens is 1. The number of carbonyl (C=O) groups is 1. The zero-order valence-electron chi connectivity index (χ0n) is 17.6. The predicted octanol–water partition coefficient (Wildman–Crippen LogP) is 3.52. The maximum absolute atomic E-state index is 11.5. The number of ether oxygens (including phenoxy) is 2. The summed E-state index contributed by atoms with van der Waals surface area (Å²) in [5.74, 6) is 0.852. The van der Waals surface area contributed by atoms with Crippen LogP contribution in [0.4, 0.5) is 4.79 Å². The molecule has 0 aromatic carbocycles. The summed E-state index contributed by atoms with van der Waals surface area (Å²) >= 11 is 0. The summed E-state index contributed by atoms with van der Waals surface area (Å²) in [5.41, 5.74) is 0. The van der Waals surface area contributed by atoms with Crippen molar-refractivity contribution in [3.63, 3.8) is 0 Å². The third kappa shape index (κ3) is 9.62. The van der Waals surface area contributed by atoms with E-state index in [1.54, 1.807) is 11.9 Å². The van der Waals surface area contributed by atoms with Crippen molar-refractivity contribution >= 4 is 36.0 Å². The Morgan fingerprint density at radius 2 is 1.79 bits per heavy atom. The van der Waals surface area contributed by atoms with Crippen molar-refractivity contribution in [2.45, 2.75) is 76.4 Å². The van der Waals surface area contributed by atoms with Gasteiger partial charge in [-0.1, -0.05) is 19.3 Å². The van der Waals surface area contributed by atoms with Crippen molar-refractivity contribution in [3.05, 3.63) is 0 Å². The van der Waals surface area contributed by atoms with E-state index >= 15 is 0 Å². The van der Waals surface area contributed by atoms with Crippen LogP contribution < -0.4 is 10.6 Å². The highest BCUT2D eigenvalue weighted by Crippen LogP contribution is 2.20. The molecule has 2 rings (SSSR count). The normalized spacial score (nSPS) is 19.1. The summed E-state index contributed by atoms with van der Waals surface area (Å²) in [5, 5.41) is 6.86. The fraction of sp³-hybridized carbons (Fsp3) is 0.900. The molecule has 1 aliphatic heterocycles. The van der Waals surface area contributed by atoms with Crippen LogP contribution in [0.25, 0.3) is 0 Å². The third-order valence-corrected chi connectivity index (χ3v) is 5.51. The van der Waals surface area contributed by atoms with Gasteiger partial charge in [0.1, 0.15) is 0 Å². The van der Waals surface area contributed by atoms with Crippen molar-refractivity contribution in [1.82, 2.24) is 15.5 Å². The molecule has 0 spiro atoms. The minimum absolute atomic E-state index is 0. The van der Waals surface area contributed by atoms with Gasteiger partial charge in [-0.25, -0.2) is 4.79 Å². The fourth-order valence-electron chi connectivity index (χ4n) is 3.82. The maximum atomic E-state index is 11.5. The number of unbranched alkanes of at least 4 members (excludes halogenated alkanes) is 2. The molecule has 28 heavy (non-hydrogen) atoms. The first kappa shape index (κ1) is 25.3. The van der Waals surface area contributed by atoms with E-state index < -0.39 is 0 Å². The molecule has 1 amide bonds. The van der Waals surface area contributed by atoms with E-state index in [9.17, 15) is 4.79 Å². The molecule has 0 atom stereocenters. The number of rotatable bonds is 8. The Bertz CT molecular complexity index is 451. The van der Waals surface area contributed by atoms with E-state index in [4.69, 9.17) is 9.47 Å². The molecule has 0 radical (unpaired) electrons.